The molecule has 8 heteroatoms. The van der Waals surface area contributed by atoms with Crippen LogP contribution in [-0.4, -0.2) is 35.3 Å². The van der Waals surface area contributed by atoms with Crippen molar-refractivity contribution in [1.29, 1.82) is 0 Å². The van der Waals surface area contributed by atoms with Gasteiger partial charge >= 0.3 is 0 Å². The van der Waals surface area contributed by atoms with Crippen molar-refractivity contribution >= 4 is 22.7 Å². The summed E-state index contributed by atoms with van der Waals surface area (Å²) < 4.78 is 0. The Labute approximate surface area is 178 Å². The Kier molecular flexibility index (Phi) is 4.80. The van der Waals surface area contributed by atoms with Crippen LogP contribution in [0, 0.1) is 0 Å². The summed E-state index contributed by atoms with van der Waals surface area (Å²) in [5.41, 5.74) is 6.41. The lowest BCUT2D eigenvalue weighted by atomic mass is 10.0. The van der Waals surface area contributed by atoms with Gasteiger partial charge in [0.15, 0.2) is 5.82 Å². The van der Waals surface area contributed by atoms with Crippen LogP contribution in [0.1, 0.15) is 25.3 Å². The minimum atomic E-state index is 0.372. The highest BCUT2D eigenvalue weighted by Crippen LogP contribution is 2.31. The lowest BCUT2D eigenvalue weighted by Crippen LogP contribution is -2.00. The van der Waals surface area contributed by atoms with E-state index in [1.54, 1.807) is 24.8 Å². The third-order valence-corrected chi connectivity index (χ3v) is 5.04. The number of nitrogens with zero attached hydrogens (tertiary/aromatic N) is 6. The number of aromatic amines is 1. The molecule has 0 aliphatic rings. The van der Waals surface area contributed by atoms with E-state index in [2.05, 4.69) is 49.5 Å². The van der Waals surface area contributed by atoms with Crippen LogP contribution in [0.3, 0.4) is 0 Å². The molecule has 2 N–H and O–H groups in total. The van der Waals surface area contributed by atoms with Gasteiger partial charge in [0, 0.05) is 35.3 Å². The predicted octanol–water partition coefficient (Wildman–Crippen LogP) is 4.74. The van der Waals surface area contributed by atoms with E-state index in [1.807, 2.05) is 42.6 Å². The Hall–Kier alpha value is -4.20. The summed E-state index contributed by atoms with van der Waals surface area (Å²) >= 11 is 0. The second kappa shape index (κ2) is 7.91. The van der Waals surface area contributed by atoms with Crippen LogP contribution < -0.4 is 5.32 Å². The maximum absolute atomic E-state index is 4.73. The van der Waals surface area contributed by atoms with Crippen LogP contribution in [0.15, 0.2) is 67.4 Å². The first kappa shape index (κ1) is 18.8. The van der Waals surface area contributed by atoms with E-state index in [-0.39, 0.29) is 0 Å². The van der Waals surface area contributed by atoms with Crippen LogP contribution >= 0.6 is 0 Å². The second-order valence-corrected chi connectivity index (χ2v) is 7.51. The van der Waals surface area contributed by atoms with Crippen molar-refractivity contribution in [3.8, 4) is 22.4 Å². The SMILES string of the molecule is CC(C)c1cnnc(Nc2ccc3ncc(-c4cn[nH]c4-c4cccnc4)cc3n2)c1. The Morgan fingerprint density at radius 1 is 0.903 bits per heavy atom. The zero-order chi connectivity index (χ0) is 21.2. The van der Waals surface area contributed by atoms with Gasteiger partial charge in [-0.1, -0.05) is 13.8 Å². The van der Waals surface area contributed by atoms with Crippen molar-refractivity contribution in [2.45, 2.75) is 19.8 Å². The molecule has 0 bridgehead atoms. The third-order valence-electron chi connectivity index (χ3n) is 5.04. The number of hydrogen-bond donors (Lipinski definition) is 2. The van der Waals surface area contributed by atoms with Crippen LogP contribution in [0.5, 0.6) is 0 Å². The topological polar surface area (TPSA) is 105 Å². The smallest absolute Gasteiger partial charge is 0.154 e. The molecular formula is C23H20N8. The molecule has 5 rings (SSSR count). The maximum atomic E-state index is 4.73. The molecule has 0 aliphatic heterocycles. The lowest BCUT2D eigenvalue weighted by Gasteiger charge is -2.09. The summed E-state index contributed by atoms with van der Waals surface area (Å²) in [5.74, 6) is 1.72. The monoisotopic (exact) mass is 408 g/mol. The summed E-state index contributed by atoms with van der Waals surface area (Å²) in [4.78, 5) is 13.5. The second-order valence-electron chi connectivity index (χ2n) is 7.51. The molecule has 0 unspecified atom stereocenters. The number of pyridine rings is 3. The molecule has 0 spiro atoms. The van der Waals surface area contributed by atoms with Gasteiger partial charge in [0.1, 0.15) is 5.82 Å². The van der Waals surface area contributed by atoms with E-state index in [1.165, 1.54) is 0 Å². The summed E-state index contributed by atoms with van der Waals surface area (Å²) in [6.45, 7) is 4.25. The number of fused-ring (bicyclic) bond motifs is 1. The quantitative estimate of drug-likeness (QED) is 0.433. The maximum Gasteiger partial charge on any atom is 0.154 e. The fourth-order valence-corrected chi connectivity index (χ4v) is 3.35. The Morgan fingerprint density at radius 2 is 1.84 bits per heavy atom. The normalized spacial score (nSPS) is 11.2. The van der Waals surface area contributed by atoms with E-state index >= 15 is 0 Å². The van der Waals surface area contributed by atoms with Gasteiger partial charge in [-0.3, -0.25) is 15.1 Å². The molecule has 0 atom stereocenters. The van der Waals surface area contributed by atoms with Crippen molar-refractivity contribution in [3.05, 3.63) is 72.9 Å². The number of aromatic nitrogens is 7. The fraction of sp³-hybridized carbons (Fsp3) is 0.130. The highest BCUT2D eigenvalue weighted by molar-refractivity contribution is 5.86. The zero-order valence-corrected chi connectivity index (χ0v) is 17.1. The number of anilines is 2. The summed E-state index contributed by atoms with van der Waals surface area (Å²) in [7, 11) is 0. The van der Waals surface area contributed by atoms with Crippen LogP contribution in [-0.2, 0) is 0 Å². The van der Waals surface area contributed by atoms with E-state index in [4.69, 9.17) is 4.98 Å². The standard InChI is InChI=1S/C23H20N8/c1-14(2)16-9-22(30-26-12-16)29-21-6-5-19-20(28-21)8-17(11-25-19)18-13-27-31-23(18)15-4-3-7-24-10-15/h3-14H,1-2H3,(H,27,31)(H,28,29,30). The molecule has 0 aromatic carbocycles. The Bertz CT molecular complexity index is 1340. The third kappa shape index (κ3) is 3.83. The molecule has 0 radical (unpaired) electrons. The van der Waals surface area contributed by atoms with Crippen molar-refractivity contribution in [2.75, 3.05) is 5.32 Å². The highest BCUT2D eigenvalue weighted by Gasteiger charge is 2.12. The van der Waals surface area contributed by atoms with Crippen molar-refractivity contribution in [2.24, 2.45) is 0 Å². The Balaban J connectivity index is 1.50. The Morgan fingerprint density at radius 3 is 2.68 bits per heavy atom. The molecule has 0 aliphatic carbocycles. The van der Waals surface area contributed by atoms with Crippen LogP contribution in [0.25, 0.3) is 33.4 Å². The largest absolute Gasteiger partial charge is 0.323 e. The highest BCUT2D eigenvalue weighted by atomic mass is 15.2. The molecule has 5 aromatic heterocycles. The van der Waals surface area contributed by atoms with E-state index in [0.717, 1.165) is 39.0 Å². The summed E-state index contributed by atoms with van der Waals surface area (Å²) in [5, 5.41) is 18.8. The first-order valence-electron chi connectivity index (χ1n) is 9.98. The predicted molar refractivity (Wildman–Crippen MR) is 120 cm³/mol. The molecular weight excluding hydrogens is 388 g/mol. The van der Waals surface area contributed by atoms with Crippen molar-refractivity contribution in [1.82, 2.24) is 35.3 Å². The molecule has 0 amide bonds. The number of H-pyrrole nitrogens is 1. The van der Waals surface area contributed by atoms with E-state index in [0.29, 0.717) is 17.6 Å². The number of nitrogens with one attached hydrogen (secondary N) is 2. The average molecular weight is 408 g/mol. The minimum absolute atomic E-state index is 0.372. The van der Waals surface area contributed by atoms with Gasteiger partial charge in [-0.05, 0) is 47.9 Å². The average Bonchev–Trinajstić information content (AvgIpc) is 3.29. The lowest BCUT2D eigenvalue weighted by molar-refractivity contribution is 0.843. The van der Waals surface area contributed by atoms with Crippen LogP contribution in [0.2, 0.25) is 0 Å². The van der Waals surface area contributed by atoms with Crippen molar-refractivity contribution in [3.63, 3.8) is 0 Å². The molecule has 5 aromatic rings. The number of hydrogen-bond acceptors (Lipinski definition) is 7. The molecule has 8 nitrogen and oxygen atoms in total. The van der Waals surface area contributed by atoms with Gasteiger partial charge in [-0.25, -0.2) is 4.98 Å². The molecule has 31 heavy (non-hydrogen) atoms. The van der Waals surface area contributed by atoms with Crippen LogP contribution in [0.4, 0.5) is 11.6 Å². The van der Waals surface area contributed by atoms with Gasteiger partial charge < -0.3 is 5.32 Å². The first-order valence-corrected chi connectivity index (χ1v) is 9.98. The summed E-state index contributed by atoms with van der Waals surface area (Å²) in [6, 6.07) is 11.7. The van der Waals surface area contributed by atoms with Gasteiger partial charge in [0.2, 0.25) is 0 Å². The minimum Gasteiger partial charge on any atom is -0.323 e. The van der Waals surface area contributed by atoms with E-state index in [9.17, 15) is 0 Å². The van der Waals surface area contributed by atoms with E-state index < -0.39 is 0 Å². The van der Waals surface area contributed by atoms with Gasteiger partial charge in [-0.2, -0.15) is 10.2 Å². The molecule has 0 fully saturated rings. The fourth-order valence-electron chi connectivity index (χ4n) is 3.35. The van der Waals surface area contributed by atoms with Gasteiger partial charge in [0.05, 0.1) is 29.1 Å². The van der Waals surface area contributed by atoms with Gasteiger partial charge in [-0.15, -0.1) is 5.10 Å². The number of rotatable bonds is 5. The zero-order valence-electron chi connectivity index (χ0n) is 17.1. The molecule has 0 saturated carbocycles. The van der Waals surface area contributed by atoms with Crippen molar-refractivity contribution < 1.29 is 0 Å². The molecule has 152 valence electrons. The molecule has 5 heterocycles. The van der Waals surface area contributed by atoms with Gasteiger partial charge in [0.25, 0.3) is 0 Å². The summed E-state index contributed by atoms with van der Waals surface area (Å²) in [6.07, 6.45) is 8.96. The first-order chi connectivity index (χ1) is 15.2. The molecule has 0 saturated heterocycles.